The number of carbonyl (C=O) groups excluding carboxylic acids is 2. The van der Waals surface area contributed by atoms with Crippen LogP contribution in [-0.2, 0) is 21.7 Å². The molecule has 4 rings (SSSR count). The van der Waals surface area contributed by atoms with E-state index >= 15 is 0 Å². The van der Waals surface area contributed by atoms with Crippen molar-refractivity contribution in [3.8, 4) is 0 Å². The first-order valence-corrected chi connectivity index (χ1v) is 13.3. The van der Waals surface area contributed by atoms with E-state index in [-0.39, 0.29) is 24.0 Å². The molecule has 7 heteroatoms. The number of hydrogen-bond donors (Lipinski definition) is 3. The zero-order valence-electron chi connectivity index (χ0n) is 21.7. The van der Waals surface area contributed by atoms with Crippen molar-refractivity contribution in [1.82, 2.24) is 10.2 Å². The lowest BCUT2D eigenvalue weighted by atomic mass is 9.85. The molecule has 4 N–H and O–H groups in total. The summed E-state index contributed by atoms with van der Waals surface area (Å²) in [6.07, 6.45) is 2.50. The normalized spacial score (nSPS) is 15.9. The van der Waals surface area contributed by atoms with E-state index in [9.17, 15) is 14.7 Å². The molecule has 1 unspecified atom stereocenters. The standard InChI is InChI=1S/C31H37N3O4/c32-17-8-18-33-29(35)26-11-7-14-28(21-26)31(37,27-12-5-2-6-13-27)30(36)38-23-25-15-19-34(20-16-25)22-24-9-3-1-4-10-24/h1-7,9-14,21,25,37H,8,15-20,22-23,32H2,(H,33,35). The molecular weight excluding hydrogens is 478 g/mol. The molecule has 0 radical (unpaired) electrons. The number of nitrogens with two attached hydrogens (primary N) is 1. The average Bonchev–Trinajstić information content (AvgIpc) is 2.97. The highest BCUT2D eigenvalue weighted by atomic mass is 16.5. The van der Waals surface area contributed by atoms with Crippen LogP contribution in [0, 0.1) is 5.92 Å². The van der Waals surface area contributed by atoms with E-state index in [1.807, 2.05) is 12.1 Å². The lowest BCUT2D eigenvalue weighted by Crippen LogP contribution is -2.41. The number of nitrogens with one attached hydrogen (secondary N) is 1. The quantitative estimate of drug-likeness (QED) is 0.267. The molecule has 0 saturated carbocycles. The van der Waals surface area contributed by atoms with Gasteiger partial charge in [-0.1, -0.05) is 72.8 Å². The van der Waals surface area contributed by atoms with Crippen LogP contribution in [0.3, 0.4) is 0 Å². The Morgan fingerprint density at radius 1 is 0.947 bits per heavy atom. The van der Waals surface area contributed by atoms with E-state index < -0.39 is 11.6 Å². The minimum absolute atomic E-state index is 0.227. The van der Waals surface area contributed by atoms with E-state index in [1.54, 1.807) is 48.5 Å². The number of esters is 1. The van der Waals surface area contributed by atoms with E-state index in [0.29, 0.717) is 30.6 Å². The van der Waals surface area contributed by atoms with Gasteiger partial charge in [0.1, 0.15) is 0 Å². The number of benzene rings is 3. The van der Waals surface area contributed by atoms with Crippen LogP contribution in [0.2, 0.25) is 0 Å². The Labute approximate surface area is 224 Å². The predicted octanol–water partition coefficient (Wildman–Crippen LogP) is 3.46. The summed E-state index contributed by atoms with van der Waals surface area (Å²) < 4.78 is 5.77. The van der Waals surface area contributed by atoms with Crippen LogP contribution < -0.4 is 11.1 Å². The zero-order chi connectivity index (χ0) is 26.8. The maximum absolute atomic E-state index is 13.5. The van der Waals surface area contributed by atoms with Gasteiger partial charge >= 0.3 is 5.97 Å². The molecule has 1 saturated heterocycles. The van der Waals surface area contributed by atoms with Gasteiger partial charge in [0.25, 0.3) is 5.91 Å². The number of rotatable bonds is 11. The SMILES string of the molecule is NCCCNC(=O)c1cccc(C(O)(C(=O)OCC2CCN(Cc3ccccc3)CC2)c2ccccc2)c1. The summed E-state index contributed by atoms with van der Waals surface area (Å²) in [5.74, 6) is -0.798. The van der Waals surface area contributed by atoms with Crippen molar-refractivity contribution in [1.29, 1.82) is 0 Å². The van der Waals surface area contributed by atoms with Crippen LogP contribution in [0.5, 0.6) is 0 Å². The number of likely N-dealkylation sites (tertiary alicyclic amines) is 1. The highest BCUT2D eigenvalue weighted by Gasteiger charge is 2.42. The lowest BCUT2D eigenvalue weighted by Gasteiger charge is -2.33. The third-order valence-electron chi connectivity index (χ3n) is 7.10. The largest absolute Gasteiger partial charge is 0.463 e. The Balaban J connectivity index is 1.43. The Kier molecular flexibility index (Phi) is 9.65. The summed E-state index contributed by atoms with van der Waals surface area (Å²) in [6, 6.07) is 25.6. The minimum atomic E-state index is -2.04. The third kappa shape index (κ3) is 6.86. The van der Waals surface area contributed by atoms with Gasteiger partial charge in [0.2, 0.25) is 5.60 Å². The number of piperidine rings is 1. The average molecular weight is 516 g/mol. The summed E-state index contributed by atoms with van der Waals surface area (Å²) in [5.41, 5.74) is 5.80. The molecule has 1 amide bonds. The summed E-state index contributed by atoms with van der Waals surface area (Å²) >= 11 is 0. The maximum atomic E-state index is 13.5. The second-order valence-electron chi connectivity index (χ2n) is 9.86. The topological polar surface area (TPSA) is 105 Å². The van der Waals surface area contributed by atoms with Crippen molar-refractivity contribution >= 4 is 11.9 Å². The molecule has 0 bridgehead atoms. The summed E-state index contributed by atoms with van der Waals surface area (Å²) in [5, 5.41) is 14.7. The third-order valence-corrected chi connectivity index (χ3v) is 7.10. The van der Waals surface area contributed by atoms with Crippen LogP contribution in [0.15, 0.2) is 84.9 Å². The van der Waals surface area contributed by atoms with E-state index in [1.165, 1.54) is 5.56 Å². The van der Waals surface area contributed by atoms with Crippen molar-refractivity contribution in [2.45, 2.75) is 31.4 Å². The number of hydrogen-bond acceptors (Lipinski definition) is 6. The van der Waals surface area contributed by atoms with Crippen LogP contribution in [-0.4, -0.2) is 54.7 Å². The minimum Gasteiger partial charge on any atom is -0.463 e. The molecule has 3 aromatic rings. The van der Waals surface area contributed by atoms with Crippen molar-refractivity contribution in [3.05, 3.63) is 107 Å². The molecule has 1 fully saturated rings. The highest BCUT2D eigenvalue weighted by Crippen LogP contribution is 2.32. The second-order valence-corrected chi connectivity index (χ2v) is 9.86. The van der Waals surface area contributed by atoms with Gasteiger partial charge in [-0.3, -0.25) is 9.69 Å². The molecule has 1 atom stereocenters. The number of aliphatic hydroxyl groups is 1. The molecule has 3 aromatic carbocycles. The number of carbonyl (C=O) groups is 2. The van der Waals surface area contributed by atoms with E-state index in [2.05, 4.69) is 34.5 Å². The van der Waals surface area contributed by atoms with Crippen LogP contribution >= 0.6 is 0 Å². The molecular formula is C31H37N3O4. The number of amides is 1. The highest BCUT2D eigenvalue weighted by molar-refractivity contribution is 5.95. The van der Waals surface area contributed by atoms with Gasteiger partial charge in [0.05, 0.1) is 6.61 Å². The number of ether oxygens (including phenoxy) is 1. The van der Waals surface area contributed by atoms with Gasteiger partial charge in [-0.25, -0.2) is 4.79 Å². The molecule has 38 heavy (non-hydrogen) atoms. The Hall–Kier alpha value is -3.52. The van der Waals surface area contributed by atoms with Gasteiger partial charge in [0, 0.05) is 24.2 Å². The van der Waals surface area contributed by atoms with Crippen molar-refractivity contribution in [2.24, 2.45) is 11.7 Å². The van der Waals surface area contributed by atoms with Crippen molar-refractivity contribution < 1.29 is 19.4 Å². The molecule has 1 heterocycles. The first-order chi connectivity index (χ1) is 18.5. The smallest absolute Gasteiger partial charge is 0.347 e. The first kappa shape index (κ1) is 27.5. The molecule has 7 nitrogen and oxygen atoms in total. The Morgan fingerprint density at radius 3 is 2.29 bits per heavy atom. The Morgan fingerprint density at radius 2 is 1.61 bits per heavy atom. The first-order valence-electron chi connectivity index (χ1n) is 13.3. The zero-order valence-corrected chi connectivity index (χ0v) is 21.7. The summed E-state index contributed by atoms with van der Waals surface area (Å²) in [4.78, 5) is 28.5. The fraction of sp³-hybridized carbons (Fsp3) is 0.355. The summed E-state index contributed by atoms with van der Waals surface area (Å²) in [7, 11) is 0. The summed E-state index contributed by atoms with van der Waals surface area (Å²) in [6.45, 7) is 3.95. The molecule has 1 aliphatic heterocycles. The van der Waals surface area contributed by atoms with Gasteiger partial charge in [-0.15, -0.1) is 0 Å². The van der Waals surface area contributed by atoms with E-state index in [0.717, 1.165) is 32.5 Å². The molecule has 200 valence electrons. The monoisotopic (exact) mass is 515 g/mol. The predicted molar refractivity (Wildman–Crippen MR) is 147 cm³/mol. The van der Waals surface area contributed by atoms with Gasteiger partial charge < -0.3 is 20.9 Å². The fourth-order valence-electron chi connectivity index (χ4n) is 4.82. The second kappa shape index (κ2) is 13.3. The fourth-order valence-corrected chi connectivity index (χ4v) is 4.82. The number of nitrogens with zero attached hydrogens (tertiary/aromatic N) is 1. The molecule has 0 spiro atoms. The van der Waals surface area contributed by atoms with Gasteiger partial charge in [-0.05, 0) is 68.1 Å². The maximum Gasteiger partial charge on any atom is 0.347 e. The lowest BCUT2D eigenvalue weighted by molar-refractivity contribution is -0.164. The van der Waals surface area contributed by atoms with E-state index in [4.69, 9.17) is 10.5 Å². The van der Waals surface area contributed by atoms with Gasteiger partial charge in [0.15, 0.2) is 0 Å². The van der Waals surface area contributed by atoms with Crippen molar-refractivity contribution in [3.63, 3.8) is 0 Å². The van der Waals surface area contributed by atoms with Crippen LogP contribution in [0.4, 0.5) is 0 Å². The van der Waals surface area contributed by atoms with Crippen LogP contribution in [0.1, 0.15) is 46.3 Å². The molecule has 1 aliphatic rings. The molecule has 0 aromatic heterocycles. The molecule has 0 aliphatic carbocycles. The Bertz CT molecular complexity index is 1180. The van der Waals surface area contributed by atoms with Crippen LogP contribution in [0.25, 0.3) is 0 Å². The van der Waals surface area contributed by atoms with Crippen molar-refractivity contribution in [2.75, 3.05) is 32.8 Å². The van der Waals surface area contributed by atoms with Gasteiger partial charge in [-0.2, -0.15) is 0 Å².